The van der Waals surface area contributed by atoms with Crippen LogP contribution in [-0.4, -0.2) is 31.4 Å². The Balaban J connectivity index is 2.63. The third-order valence-electron chi connectivity index (χ3n) is 3.08. The fraction of sp³-hybridized carbons (Fsp3) is 1.00. The SMILES string of the molecule is CC(C)S(=O)(=O)NC1CCCCC1CO. The van der Waals surface area contributed by atoms with E-state index in [1.54, 1.807) is 13.8 Å². The minimum Gasteiger partial charge on any atom is -0.396 e. The smallest absolute Gasteiger partial charge is 0.214 e. The van der Waals surface area contributed by atoms with Gasteiger partial charge in [0.25, 0.3) is 0 Å². The van der Waals surface area contributed by atoms with Gasteiger partial charge in [0.05, 0.1) is 5.25 Å². The number of sulfonamides is 1. The summed E-state index contributed by atoms with van der Waals surface area (Å²) in [5.41, 5.74) is 0. The summed E-state index contributed by atoms with van der Waals surface area (Å²) in [5.74, 6) is 0.0901. The molecular formula is C10H21NO3S. The first-order valence-corrected chi connectivity index (χ1v) is 7.14. The van der Waals surface area contributed by atoms with Crippen molar-refractivity contribution >= 4 is 10.0 Å². The second kappa shape index (κ2) is 5.27. The van der Waals surface area contributed by atoms with E-state index in [4.69, 9.17) is 5.11 Å². The van der Waals surface area contributed by atoms with Gasteiger partial charge in [-0.25, -0.2) is 13.1 Å². The van der Waals surface area contributed by atoms with Gasteiger partial charge in [-0.3, -0.25) is 0 Å². The normalized spacial score (nSPS) is 28.3. The summed E-state index contributed by atoms with van der Waals surface area (Å²) >= 11 is 0. The number of hydrogen-bond donors (Lipinski definition) is 2. The summed E-state index contributed by atoms with van der Waals surface area (Å²) in [5, 5.41) is 8.76. The van der Waals surface area contributed by atoms with E-state index in [1.807, 2.05) is 0 Å². The van der Waals surface area contributed by atoms with Crippen LogP contribution in [0.2, 0.25) is 0 Å². The summed E-state index contributed by atoms with van der Waals surface area (Å²) in [4.78, 5) is 0. The molecule has 90 valence electrons. The highest BCUT2D eigenvalue weighted by Gasteiger charge is 2.29. The molecule has 0 aromatic rings. The molecule has 1 fully saturated rings. The van der Waals surface area contributed by atoms with Gasteiger partial charge in [0.1, 0.15) is 0 Å². The van der Waals surface area contributed by atoms with Crippen LogP contribution in [0.4, 0.5) is 0 Å². The Morgan fingerprint density at radius 1 is 1.33 bits per heavy atom. The molecule has 4 nitrogen and oxygen atoms in total. The largest absolute Gasteiger partial charge is 0.396 e. The molecule has 5 heteroatoms. The lowest BCUT2D eigenvalue weighted by Gasteiger charge is -2.31. The quantitative estimate of drug-likeness (QED) is 0.759. The molecule has 0 aromatic heterocycles. The molecule has 0 saturated heterocycles. The van der Waals surface area contributed by atoms with Gasteiger partial charge >= 0.3 is 0 Å². The van der Waals surface area contributed by atoms with Crippen LogP contribution < -0.4 is 4.72 Å². The summed E-state index contributed by atoms with van der Waals surface area (Å²) in [6.07, 6.45) is 3.89. The average molecular weight is 235 g/mol. The van der Waals surface area contributed by atoms with Crippen molar-refractivity contribution in [2.45, 2.75) is 50.8 Å². The molecule has 1 aliphatic rings. The molecule has 0 aliphatic heterocycles. The molecule has 2 unspecified atom stereocenters. The molecule has 0 spiro atoms. The maximum atomic E-state index is 11.7. The van der Waals surface area contributed by atoms with E-state index in [0.717, 1.165) is 25.7 Å². The zero-order valence-electron chi connectivity index (χ0n) is 9.44. The van der Waals surface area contributed by atoms with Gasteiger partial charge in [-0.05, 0) is 32.6 Å². The molecule has 0 aromatic carbocycles. The minimum atomic E-state index is -3.20. The van der Waals surface area contributed by atoms with E-state index in [0.29, 0.717) is 0 Å². The van der Waals surface area contributed by atoms with Crippen LogP contribution in [0.3, 0.4) is 0 Å². The molecule has 2 N–H and O–H groups in total. The monoisotopic (exact) mass is 235 g/mol. The van der Waals surface area contributed by atoms with Crippen molar-refractivity contribution in [2.24, 2.45) is 5.92 Å². The number of rotatable bonds is 4. The topological polar surface area (TPSA) is 66.4 Å². The second-order valence-corrected chi connectivity index (χ2v) is 6.81. The van der Waals surface area contributed by atoms with Gasteiger partial charge < -0.3 is 5.11 Å². The number of aliphatic hydroxyl groups excluding tert-OH is 1. The van der Waals surface area contributed by atoms with Gasteiger partial charge in [0, 0.05) is 12.6 Å². The molecule has 0 bridgehead atoms. The van der Waals surface area contributed by atoms with E-state index in [1.165, 1.54) is 0 Å². The third kappa shape index (κ3) is 3.43. The lowest BCUT2D eigenvalue weighted by atomic mass is 9.86. The molecule has 15 heavy (non-hydrogen) atoms. The molecule has 1 saturated carbocycles. The van der Waals surface area contributed by atoms with Crippen molar-refractivity contribution in [3.05, 3.63) is 0 Å². The fourth-order valence-corrected chi connectivity index (χ4v) is 2.93. The maximum Gasteiger partial charge on any atom is 0.214 e. The first-order chi connectivity index (χ1) is 6.97. The third-order valence-corrected chi connectivity index (χ3v) is 4.95. The Morgan fingerprint density at radius 2 is 1.93 bits per heavy atom. The van der Waals surface area contributed by atoms with Crippen molar-refractivity contribution in [3.8, 4) is 0 Å². The van der Waals surface area contributed by atoms with Gasteiger partial charge in [0.2, 0.25) is 10.0 Å². The fourth-order valence-electron chi connectivity index (χ4n) is 1.93. The lowest BCUT2D eigenvalue weighted by Crippen LogP contribution is -2.45. The molecule has 2 atom stereocenters. The van der Waals surface area contributed by atoms with Crippen molar-refractivity contribution in [3.63, 3.8) is 0 Å². The van der Waals surface area contributed by atoms with Crippen LogP contribution in [0.5, 0.6) is 0 Å². The van der Waals surface area contributed by atoms with Crippen molar-refractivity contribution in [1.82, 2.24) is 4.72 Å². The Morgan fingerprint density at radius 3 is 2.47 bits per heavy atom. The first-order valence-electron chi connectivity index (χ1n) is 5.59. The van der Waals surface area contributed by atoms with Gasteiger partial charge in [-0.1, -0.05) is 12.8 Å². The summed E-state index contributed by atoms with van der Waals surface area (Å²) < 4.78 is 26.0. The average Bonchev–Trinajstić information content (AvgIpc) is 2.18. The minimum absolute atomic E-state index is 0.0730. The number of hydrogen-bond acceptors (Lipinski definition) is 3. The molecule has 0 amide bonds. The highest BCUT2D eigenvalue weighted by molar-refractivity contribution is 7.90. The Bertz CT molecular complexity index is 287. The molecule has 0 heterocycles. The van der Waals surface area contributed by atoms with Gasteiger partial charge in [-0.15, -0.1) is 0 Å². The highest BCUT2D eigenvalue weighted by atomic mass is 32.2. The zero-order chi connectivity index (χ0) is 11.5. The first kappa shape index (κ1) is 12.9. The van der Waals surface area contributed by atoms with Crippen molar-refractivity contribution in [2.75, 3.05) is 6.61 Å². The predicted octanol–water partition coefficient (Wildman–Crippen LogP) is 0.865. The van der Waals surface area contributed by atoms with E-state index in [9.17, 15) is 8.42 Å². The van der Waals surface area contributed by atoms with Crippen LogP contribution >= 0.6 is 0 Å². The van der Waals surface area contributed by atoms with E-state index < -0.39 is 15.3 Å². The molecule has 1 aliphatic carbocycles. The summed E-state index contributed by atoms with van der Waals surface area (Å²) in [7, 11) is -3.20. The second-order valence-electron chi connectivity index (χ2n) is 4.55. The van der Waals surface area contributed by atoms with Crippen molar-refractivity contribution < 1.29 is 13.5 Å². The van der Waals surface area contributed by atoms with E-state index in [2.05, 4.69) is 4.72 Å². The standard InChI is InChI=1S/C10H21NO3S/c1-8(2)15(13,14)11-10-6-4-3-5-9(10)7-12/h8-12H,3-7H2,1-2H3. The van der Waals surface area contributed by atoms with E-state index in [-0.39, 0.29) is 18.6 Å². The van der Waals surface area contributed by atoms with Gasteiger partial charge in [0.15, 0.2) is 0 Å². The van der Waals surface area contributed by atoms with Crippen LogP contribution in [0.1, 0.15) is 39.5 Å². The van der Waals surface area contributed by atoms with Crippen LogP contribution in [0.15, 0.2) is 0 Å². The summed E-state index contributed by atoms with van der Waals surface area (Å²) in [6.45, 7) is 3.41. The Labute approximate surface area is 92.1 Å². The van der Waals surface area contributed by atoms with Crippen LogP contribution in [0, 0.1) is 5.92 Å². The maximum absolute atomic E-state index is 11.7. The molecule has 0 radical (unpaired) electrons. The van der Waals surface area contributed by atoms with Gasteiger partial charge in [-0.2, -0.15) is 0 Å². The predicted molar refractivity (Wildman–Crippen MR) is 60.0 cm³/mol. The Kier molecular flexibility index (Phi) is 4.55. The summed E-state index contributed by atoms with van der Waals surface area (Å²) in [6, 6.07) is -0.0730. The van der Waals surface area contributed by atoms with E-state index >= 15 is 0 Å². The lowest BCUT2D eigenvalue weighted by molar-refractivity contribution is 0.164. The van der Waals surface area contributed by atoms with Crippen molar-refractivity contribution in [1.29, 1.82) is 0 Å². The molecule has 1 rings (SSSR count). The highest BCUT2D eigenvalue weighted by Crippen LogP contribution is 2.24. The van der Waals surface area contributed by atoms with Crippen LogP contribution in [0.25, 0.3) is 0 Å². The zero-order valence-corrected chi connectivity index (χ0v) is 10.3. The Hall–Kier alpha value is -0.130. The molecular weight excluding hydrogens is 214 g/mol. The van der Waals surface area contributed by atoms with Crippen LogP contribution in [-0.2, 0) is 10.0 Å². The number of aliphatic hydroxyl groups is 1. The number of nitrogens with one attached hydrogen (secondary N) is 1.